The average molecular weight is 326 g/mol. The number of nitrogens with zero attached hydrogens (tertiary/aromatic N) is 2. The van der Waals surface area contributed by atoms with Crippen molar-refractivity contribution in [2.75, 3.05) is 0 Å². The molecule has 2 N–H and O–H groups in total. The summed E-state index contributed by atoms with van der Waals surface area (Å²) in [6.07, 6.45) is 10.7. The number of rotatable bonds is 2. The van der Waals surface area contributed by atoms with E-state index in [1.165, 1.54) is 6.42 Å². The van der Waals surface area contributed by atoms with Crippen LogP contribution in [0, 0.1) is 0 Å². The van der Waals surface area contributed by atoms with Crippen LogP contribution in [0.1, 0.15) is 53.1 Å². The Labute approximate surface area is 140 Å². The Balaban J connectivity index is 1.52. The lowest BCUT2D eigenvalue weighted by Gasteiger charge is -2.24. The number of H-pyrrole nitrogens is 1. The maximum atomic E-state index is 12.6. The lowest BCUT2D eigenvalue weighted by atomic mass is 10.0. The number of hydrogen-bond donors (Lipinski definition) is 2. The van der Waals surface area contributed by atoms with Crippen LogP contribution in [0.3, 0.4) is 0 Å². The van der Waals surface area contributed by atoms with Gasteiger partial charge < -0.3 is 14.9 Å². The summed E-state index contributed by atoms with van der Waals surface area (Å²) < 4.78 is 2.07. The van der Waals surface area contributed by atoms with Gasteiger partial charge in [0.1, 0.15) is 11.4 Å². The second-order valence-electron chi connectivity index (χ2n) is 6.78. The summed E-state index contributed by atoms with van der Waals surface area (Å²) in [5.41, 5.74) is 2.10. The van der Waals surface area contributed by atoms with Crippen molar-refractivity contribution in [1.82, 2.24) is 19.9 Å². The van der Waals surface area contributed by atoms with Gasteiger partial charge in [0.05, 0.1) is 0 Å². The normalized spacial score (nSPS) is 19.9. The predicted molar refractivity (Wildman–Crippen MR) is 90.1 cm³/mol. The smallest absolute Gasteiger partial charge is 0.261 e. The van der Waals surface area contributed by atoms with Crippen molar-refractivity contribution in [2.24, 2.45) is 0 Å². The van der Waals surface area contributed by atoms with Crippen molar-refractivity contribution in [3.63, 3.8) is 0 Å². The van der Waals surface area contributed by atoms with Crippen LogP contribution >= 0.6 is 0 Å². The molecule has 2 aromatic heterocycles. The highest BCUT2D eigenvalue weighted by Crippen LogP contribution is 2.19. The quantitative estimate of drug-likeness (QED) is 0.823. The SMILES string of the molecule is O=C(N[C@@H]1CCc2nccn2C1)c1cc2c([nH]c1=O)CCCCC2. The molecule has 24 heavy (non-hydrogen) atoms. The first-order valence-corrected chi connectivity index (χ1v) is 8.76. The molecule has 3 heterocycles. The van der Waals surface area contributed by atoms with E-state index in [0.717, 1.165) is 55.6 Å². The first-order valence-electron chi connectivity index (χ1n) is 8.76. The summed E-state index contributed by atoms with van der Waals surface area (Å²) >= 11 is 0. The molecule has 1 aliphatic carbocycles. The molecule has 0 aromatic carbocycles. The minimum absolute atomic E-state index is 0.0393. The maximum Gasteiger partial charge on any atom is 0.261 e. The predicted octanol–water partition coefficient (Wildman–Crippen LogP) is 1.59. The van der Waals surface area contributed by atoms with Gasteiger partial charge in [0.2, 0.25) is 0 Å². The molecule has 0 fully saturated rings. The Hall–Kier alpha value is -2.37. The Kier molecular flexibility index (Phi) is 3.96. The summed E-state index contributed by atoms with van der Waals surface area (Å²) in [7, 11) is 0. The molecule has 0 saturated carbocycles. The summed E-state index contributed by atoms with van der Waals surface area (Å²) in [5, 5.41) is 3.02. The third-order valence-electron chi connectivity index (χ3n) is 5.10. The molecule has 1 aliphatic heterocycles. The molecule has 0 radical (unpaired) electrons. The Morgan fingerprint density at radius 3 is 3.04 bits per heavy atom. The molecule has 126 valence electrons. The Morgan fingerprint density at radius 2 is 2.12 bits per heavy atom. The van der Waals surface area contributed by atoms with E-state index in [2.05, 4.69) is 19.9 Å². The Morgan fingerprint density at radius 1 is 1.25 bits per heavy atom. The minimum Gasteiger partial charge on any atom is -0.347 e. The monoisotopic (exact) mass is 326 g/mol. The standard InChI is InChI=1S/C18H22N4O2/c23-17(20-13-6-7-16-19-8-9-22(16)11-13)14-10-12-4-2-1-3-5-15(12)21-18(14)24/h8-10,13H,1-7,11H2,(H,20,23)(H,21,24)/t13-/m1/s1. The number of amides is 1. The van der Waals surface area contributed by atoms with Gasteiger partial charge in [-0.1, -0.05) is 6.42 Å². The third kappa shape index (κ3) is 2.88. The van der Waals surface area contributed by atoms with Gasteiger partial charge in [-0.05, 0) is 43.7 Å². The number of imidazole rings is 1. The topological polar surface area (TPSA) is 79.8 Å². The second kappa shape index (κ2) is 6.26. The Bertz CT molecular complexity index is 821. The number of pyridine rings is 1. The van der Waals surface area contributed by atoms with Gasteiger partial charge in [0.15, 0.2) is 0 Å². The number of fused-ring (bicyclic) bond motifs is 2. The van der Waals surface area contributed by atoms with Gasteiger partial charge in [0.25, 0.3) is 11.5 Å². The maximum absolute atomic E-state index is 12.6. The number of aryl methyl sites for hydroxylation is 3. The molecule has 0 spiro atoms. The van der Waals surface area contributed by atoms with E-state index in [-0.39, 0.29) is 23.1 Å². The van der Waals surface area contributed by atoms with Crippen molar-refractivity contribution in [3.05, 3.63) is 51.5 Å². The van der Waals surface area contributed by atoms with Gasteiger partial charge >= 0.3 is 0 Å². The molecular formula is C18H22N4O2. The van der Waals surface area contributed by atoms with E-state index >= 15 is 0 Å². The second-order valence-corrected chi connectivity index (χ2v) is 6.78. The fraction of sp³-hybridized carbons (Fsp3) is 0.500. The van der Waals surface area contributed by atoms with E-state index < -0.39 is 0 Å². The van der Waals surface area contributed by atoms with Gasteiger partial charge in [-0.25, -0.2) is 4.98 Å². The summed E-state index contributed by atoms with van der Waals surface area (Å²) in [6, 6.07) is 1.85. The molecule has 6 heteroatoms. The summed E-state index contributed by atoms with van der Waals surface area (Å²) in [6.45, 7) is 0.712. The minimum atomic E-state index is -0.271. The van der Waals surface area contributed by atoms with Crippen LogP contribution in [-0.4, -0.2) is 26.5 Å². The number of aromatic nitrogens is 3. The van der Waals surface area contributed by atoms with Crippen LogP contribution in [0.15, 0.2) is 23.3 Å². The molecule has 2 aliphatic rings. The van der Waals surface area contributed by atoms with Crippen LogP contribution in [0.2, 0.25) is 0 Å². The van der Waals surface area contributed by atoms with E-state index in [0.29, 0.717) is 6.54 Å². The molecule has 4 rings (SSSR count). The average Bonchev–Trinajstić information content (AvgIpc) is 2.91. The number of nitrogens with one attached hydrogen (secondary N) is 2. The molecule has 0 saturated heterocycles. The van der Waals surface area contributed by atoms with E-state index in [4.69, 9.17) is 0 Å². The summed E-state index contributed by atoms with van der Waals surface area (Å²) in [5.74, 6) is 0.792. The lowest BCUT2D eigenvalue weighted by Crippen LogP contribution is -2.42. The fourth-order valence-corrected chi connectivity index (χ4v) is 3.77. The number of aromatic amines is 1. The van der Waals surface area contributed by atoms with Gasteiger partial charge in [0, 0.05) is 37.1 Å². The first kappa shape index (κ1) is 15.2. The molecule has 0 unspecified atom stereocenters. The third-order valence-corrected chi connectivity index (χ3v) is 5.10. The zero-order chi connectivity index (χ0) is 16.5. The number of carbonyl (C=O) groups excluding carboxylic acids is 1. The van der Waals surface area contributed by atoms with Crippen LogP contribution in [-0.2, 0) is 25.8 Å². The van der Waals surface area contributed by atoms with Gasteiger partial charge in [-0.3, -0.25) is 9.59 Å². The lowest BCUT2D eigenvalue weighted by molar-refractivity contribution is 0.0926. The zero-order valence-electron chi connectivity index (χ0n) is 13.7. The van der Waals surface area contributed by atoms with Crippen molar-refractivity contribution in [3.8, 4) is 0 Å². The van der Waals surface area contributed by atoms with E-state index in [9.17, 15) is 9.59 Å². The molecule has 2 aromatic rings. The number of carbonyl (C=O) groups is 1. The van der Waals surface area contributed by atoms with E-state index in [1.807, 2.05) is 6.20 Å². The van der Waals surface area contributed by atoms with Crippen LogP contribution < -0.4 is 10.9 Å². The highest BCUT2D eigenvalue weighted by Gasteiger charge is 2.23. The van der Waals surface area contributed by atoms with Crippen LogP contribution in [0.25, 0.3) is 0 Å². The molecule has 1 amide bonds. The molecule has 1 atom stereocenters. The highest BCUT2D eigenvalue weighted by molar-refractivity contribution is 5.94. The van der Waals surface area contributed by atoms with E-state index in [1.54, 1.807) is 12.3 Å². The zero-order valence-corrected chi connectivity index (χ0v) is 13.7. The van der Waals surface area contributed by atoms with Gasteiger partial charge in [-0.2, -0.15) is 0 Å². The van der Waals surface area contributed by atoms with Crippen molar-refractivity contribution in [2.45, 2.75) is 57.5 Å². The summed E-state index contributed by atoms with van der Waals surface area (Å²) in [4.78, 5) is 32.1. The largest absolute Gasteiger partial charge is 0.347 e. The fourth-order valence-electron chi connectivity index (χ4n) is 3.77. The first-order chi connectivity index (χ1) is 11.7. The van der Waals surface area contributed by atoms with Crippen LogP contribution in [0.4, 0.5) is 0 Å². The van der Waals surface area contributed by atoms with Crippen molar-refractivity contribution >= 4 is 5.91 Å². The molecule has 6 nitrogen and oxygen atoms in total. The molecular weight excluding hydrogens is 304 g/mol. The highest BCUT2D eigenvalue weighted by atomic mass is 16.2. The van der Waals surface area contributed by atoms with Crippen molar-refractivity contribution < 1.29 is 4.79 Å². The van der Waals surface area contributed by atoms with Crippen molar-refractivity contribution in [1.29, 1.82) is 0 Å². The van der Waals surface area contributed by atoms with Crippen LogP contribution in [0.5, 0.6) is 0 Å². The number of hydrogen-bond acceptors (Lipinski definition) is 3. The molecule has 0 bridgehead atoms. The van der Waals surface area contributed by atoms with Gasteiger partial charge in [-0.15, -0.1) is 0 Å².